The minimum Gasteiger partial charge on any atom is -0.298 e. The highest BCUT2D eigenvalue weighted by Gasteiger charge is 2.59. The lowest BCUT2D eigenvalue weighted by molar-refractivity contribution is -0.115. The van der Waals surface area contributed by atoms with Gasteiger partial charge < -0.3 is 0 Å². The zero-order valence-corrected chi connectivity index (χ0v) is 16.7. The molecule has 0 bridgehead atoms. The summed E-state index contributed by atoms with van der Waals surface area (Å²) in [5, 5.41) is 0.423. The Morgan fingerprint density at radius 3 is 2.27 bits per heavy atom. The van der Waals surface area contributed by atoms with E-state index in [9.17, 15) is 9.59 Å². The van der Waals surface area contributed by atoms with Crippen LogP contribution in [0.4, 0.5) is 0 Å². The summed E-state index contributed by atoms with van der Waals surface area (Å²) in [6.45, 7) is 7.11. The van der Waals surface area contributed by atoms with Gasteiger partial charge in [0.2, 0.25) is 0 Å². The van der Waals surface area contributed by atoms with Crippen LogP contribution in [-0.2, 0) is 9.59 Å². The average molecular weight is 377 g/mol. The Hall–Kier alpha value is 0.740. The maximum atomic E-state index is 12.0. The molecule has 0 aromatic rings. The number of rotatable bonds is 0. The van der Waals surface area contributed by atoms with Gasteiger partial charge in [0.1, 0.15) is 0 Å². The second-order valence-corrected chi connectivity index (χ2v) is 12.6. The number of hydrogen-bond donors (Lipinski definition) is 0. The quantitative estimate of drug-likeness (QED) is 0.637. The standard InChI is InChI=1S/C16H24O2S4/c1-14-5-4-6-15(2)16(3,22-10-12(18)9-21-15)13(14)19-7-11(17)8-20-14/h13H,4-10H2,1-3H3. The van der Waals surface area contributed by atoms with Crippen LogP contribution in [0.5, 0.6) is 0 Å². The lowest BCUT2D eigenvalue weighted by Gasteiger charge is -2.51. The van der Waals surface area contributed by atoms with Crippen LogP contribution < -0.4 is 0 Å². The second kappa shape index (κ2) is 6.23. The van der Waals surface area contributed by atoms with Crippen LogP contribution in [0.3, 0.4) is 0 Å². The van der Waals surface area contributed by atoms with Gasteiger partial charge in [-0.15, -0.1) is 47.0 Å². The molecule has 2 saturated heterocycles. The van der Waals surface area contributed by atoms with Crippen molar-refractivity contribution < 1.29 is 9.59 Å². The van der Waals surface area contributed by atoms with Crippen molar-refractivity contribution in [2.75, 3.05) is 23.0 Å². The first kappa shape index (κ1) is 17.6. The van der Waals surface area contributed by atoms with Crippen LogP contribution in [0.15, 0.2) is 0 Å². The molecular weight excluding hydrogens is 352 g/mol. The van der Waals surface area contributed by atoms with Crippen LogP contribution in [0.1, 0.15) is 40.0 Å². The largest absolute Gasteiger partial charge is 0.298 e. The van der Waals surface area contributed by atoms with Crippen molar-refractivity contribution in [1.82, 2.24) is 0 Å². The predicted octanol–water partition coefficient (Wildman–Crippen LogP) is 3.91. The summed E-state index contributed by atoms with van der Waals surface area (Å²) >= 11 is 7.48. The third-order valence-corrected chi connectivity index (χ3v) is 12.8. The Balaban J connectivity index is 2.04. The van der Waals surface area contributed by atoms with E-state index in [4.69, 9.17) is 0 Å². The third kappa shape index (κ3) is 2.91. The summed E-state index contributed by atoms with van der Waals surface area (Å²) in [4.78, 5) is 24.1. The molecule has 2 heterocycles. The molecule has 22 heavy (non-hydrogen) atoms. The minimum absolute atomic E-state index is 0.0391. The molecule has 0 amide bonds. The van der Waals surface area contributed by atoms with E-state index in [1.165, 1.54) is 19.3 Å². The Morgan fingerprint density at radius 1 is 0.864 bits per heavy atom. The van der Waals surface area contributed by atoms with E-state index in [0.29, 0.717) is 39.8 Å². The predicted molar refractivity (Wildman–Crippen MR) is 103 cm³/mol. The highest BCUT2D eigenvalue weighted by molar-refractivity contribution is 8.09. The van der Waals surface area contributed by atoms with E-state index >= 15 is 0 Å². The van der Waals surface area contributed by atoms with Crippen molar-refractivity contribution >= 4 is 58.6 Å². The molecule has 3 rings (SSSR count). The number of ketones is 2. The van der Waals surface area contributed by atoms with Crippen LogP contribution in [0, 0.1) is 0 Å². The van der Waals surface area contributed by atoms with Gasteiger partial charge in [-0.2, -0.15) is 0 Å². The van der Waals surface area contributed by atoms with E-state index in [2.05, 4.69) is 20.8 Å². The minimum atomic E-state index is 0.0391. The summed E-state index contributed by atoms with van der Waals surface area (Å²) in [5.74, 6) is 3.32. The van der Waals surface area contributed by atoms with Gasteiger partial charge in [0.05, 0.1) is 23.0 Å². The smallest absolute Gasteiger partial charge is 0.152 e. The van der Waals surface area contributed by atoms with Crippen molar-refractivity contribution in [3.8, 4) is 0 Å². The molecule has 4 atom stereocenters. The number of carbonyl (C=O) groups is 2. The van der Waals surface area contributed by atoms with Gasteiger partial charge >= 0.3 is 0 Å². The van der Waals surface area contributed by atoms with Crippen molar-refractivity contribution in [1.29, 1.82) is 0 Å². The lowest BCUT2D eigenvalue weighted by Crippen LogP contribution is -2.56. The molecule has 1 saturated carbocycles. The zero-order chi connectivity index (χ0) is 16.0. The molecule has 1 aliphatic carbocycles. The van der Waals surface area contributed by atoms with Crippen LogP contribution in [-0.4, -0.2) is 54.1 Å². The van der Waals surface area contributed by atoms with E-state index in [-0.39, 0.29) is 14.2 Å². The molecule has 0 radical (unpaired) electrons. The number of fused-ring (bicyclic) bond motifs is 3. The summed E-state index contributed by atoms with van der Waals surface area (Å²) in [7, 11) is 0. The first-order valence-electron chi connectivity index (χ1n) is 7.86. The van der Waals surface area contributed by atoms with Crippen molar-refractivity contribution in [2.45, 2.75) is 59.5 Å². The van der Waals surface area contributed by atoms with E-state index < -0.39 is 0 Å². The van der Waals surface area contributed by atoms with Crippen molar-refractivity contribution in [3.05, 3.63) is 0 Å². The maximum absolute atomic E-state index is 12.0. The van der Waals surface area contributed by atoms with Gasteiger partial charge in [-0.1, -0.05) is 6.42 Å². The summed E-state index contributed by atoms with van der Waals surface area (Å²) in [6, 6.07) is 0. The first-order chi connectivity index (χ1) is 10.3. The lowest BCUT2D eigenvalue weighted by atomic mass is 9.86. The first-order valence-corrected chi connectivity index (χ1v) is 11.9. The van der Waals surface area contributed by atoms with Crippen LogP contribution in [0.25, 0.3) is 0 Å². The molecule has 3 aliphatic rings. The molecular formula is C16H24O2S4. The number of Topliss-reactive ketones (excluding diaryl/α,β-unsaturated/α-hetero) is 2. The Labute approximate surface area is 150 Å². The number of hydrogen-bond acceptors (Lipinski definition) is 6. The van der Waals surface area contributed by atoms with Gasteiger partial charge in [-0.05, 0) is 33.6 Å². The van der Waals surface area contributed by atoms with Crippen molar-refractivity contribution in [3.63, 3.8) is 0 Å². The molecule has 3 fully saturated rings. The van der Waals surface area contributed by atoms with Crippen LogP contribution in [0.2, 0.25) is 0 Å². The molecule has 2 aliphatic heterocycles. The fourth-order valence-electron chi connectivity index (χ4n) is 3.92. The van der Waals surface area contributed by atoms with Gasteiger partial charge in [-0.3, -0.25) is 9.59 Å². The molecule has 6 heteroatoms. The monoisotopic (exact) mass is 376 g/mol. The number of thioether (sulfide) groups is 4. The summed E-state index contributed by atoms with van der Waals surface area (Å²) < 4.78 is 0.300. The Morgan fingerprint density at radius 2 is 1.50 bits per heavy atom. The topological polar surface area (TPSA) is 34.1 Å². The maximum Gasteiger partial charge on any atom is 0.152 e. The van der Waals surface area contributed by atoms with Crippen molar-refractivity contribution in [2.24, 2.45) is 0 Å². The SMILES string of the molecule is CC12CCCC3(C)SCC(=O)CSC3(C)C1SCC(=O)CS2. The zero-order valence-electron chi connectivity index (χ0n) is 13.5. The van der Waals surface area contributed by atoms with E-state index in [0.717, 1.165) is 0 Å². The number of carbonyl (C=O) groups excluding carboxylic acids is 2. The third-order valence-electron chi connectivity index (χ3n) is 5.49. The van der Waals surface area contributed by atoms with Gasteiger partial charge in [0.25, 0.3) is 0 Å². The molecule has 0 aromatic heterocycles. The molecule has 0 spiro atoms. The Bertz CT molecular complexity index is 497. The molecule has 2 nitrogen and oxygen atoms in total. The van der Waals surface area contributed by atoms with E-state index in [1.807, 2.05) is 47.0 Å². The highest BCUT2D eigenvalue weighted by Crippen LogP contribution is 2.61. The molecule has 124 valence electrons. The highest BCUT2D eigenvalue weighted by atomic mass is 32.2. The average Bonchev–Trinajstić information content (AvgIpc) is 2.71. The summed E-state index contributed by atoms with van der Waals surface area (Å²) in [5.41, 5.74) is 0. The summed E-state index contributed by atoms with van der Waals surface area (Å²) in [6.07, 6.45) is 3.56. The second-order valence-electron chi connectivity index (χ2n) is 7.14. The fraction of sp³-hybridized carbons (Fsp3) is 0.875. The Kier molecular flexibility index (Phi) is 4.97. The molecule has 4 unspecified atom stereocenters. The van der Waals surface area contributed by atoms with Crippen LogP contribution >= 0.6 is 47.0 Å². The van der Waals surface area contributed by atoms with Gasteiger partial charge in [0.15, 0.2) is 11.6 Å². The fourth-order valence-corrected chi connectivity index (χ4v) is 10.9. The van der Waals surface area contributed by atoms with Gasteiger partial charge in [-0.25, -0.2) is 0 Å². The van der Waals surface area contributed by atoms with E-state index in [1.54, 1.807) is 0 Å². The van der Waals surface area contributed by atoms with Gasteiger partial charge in [0, 0.05) is 19.5 Å². The molecule has 0 N–H and O–H groups in total. The normalized spacial score (nSPS) is 47.0. The molecule has 0 aromatic carbocycles.